The predicted octanol–water partition coefficient (Wildman–Crippen LogP) is 5.87. The molecule has 2 aromatic carbocycles. The van der Waals surface area contributed by atoms with Crippen molar-refractivity contribution in [2.45, 2.75) is 31.6 Å². The van der Waals surface area contributed by atoms with Gasteiger partial charge in [-0.1, -0.05) is 0 Å². The third kappa shape index (κ3) is 9.12. The molecule has 0 aromatic heterocycles. The Morgan fingerprint density at radius 1 is 0.763 bits per heavy atom. The van der Waals surface area contributed by atoms with Gasteiger partial charge < -0.3 is 25.8 Å². The summed E-state index contributed by atoms with van der Waals surface area (Å²) < 4.78 is 76.5. The van der Waals surface area contributed by atoms with Crippen molar-refractivity contribution in [3.8, 4) is 0 Å². The summed E-state index contributed by atoms with van der Waals surface area (Å²) in [5.41, 5.74) is -1.31. The van der Waals surface area contributed by atoms with E-state index in [2.05, 4.69) is 20.9 Å². The van der Waals surface area contributed by atoms with Crippen molar-refractivity contribution >= 4 is 23.4 Å². The van der Waals surface area contributed by atoms with Crippen molar-refractivity contribution in [2.24, 2.45) is 0 Å². The highest BCUT2D eigenvalue weighted by molar-refractivity contribution is 5.90. The van der Waals surface area contributed by atoms with Crippen LogP contribution in [0.4, 0.5) is 47.3 Å². The summed E-state index contributed by atoms with van der Waals surface area (Å²) in [5.74, 6) is 0. The van der Waals surface area contributed by atoms with E-state index in [9.17, 15) is 35.9 Å². The SMILES string of the molecule is O=C(NCCN(CCCN1CCCC1)C(=O)Nc1ccc(C(F)(F)F)cc1)Nc1ccc(C(F)(F)F)cc1. The molecule has 1 fully saturated rings. The molecule has 0 radical (unpaired) electrons. The van der Waals surface area contributed by atoms with Crippen molar-refractivity contribution in [1.29, 1.82) is 0 Å². The third-order valence-electron chi connectivity index (χ3n) is 5.99. The van der Waals surface area contributed by atoms with E-state index in [1.165, 1.54) is 17.0 Å². The van der Waals surface area contributed by atoms with Gasteiger partial charge in [-0.05, 0) is 87.4 Å². The van der Waals surface area contributed by atoms with Gasteiger partial charge in [0.2, 0.25) is 0 Å². The number of anilines is 2. The van der Waals surface area contributed by atoms with Crippen LogP contribution in [-0.4, -0.2) is 61.1 Å². The molecular weight excluding hydrogens is 516 g/mol. The minimum Gasteiger partial charge on any atom is -0.336 e. The molecular formula is C25H29F6N5O2. The molecule has 38 heavy (non-hydrogen) atoms. The summed E-state index contributed by atoms with van der Waals surface area (Å²) in [6, 6.07) is 6.85. The standard InChI is InChI=1S/C25H29F6N5O2/c26-24(27,28)18-4-8-20(9-5-18)33-22(37)32-12-17-36(16-3-15-35-13-1-2-14-35)23(38)34-21-10-6-19(7-11-21)25(29,30)31/h4-11H,1-3,12-17H2,(H,34,38)(H2,32,33,37). The minimum atomic E-state index is -4.49. The first-order chi connectivity index (χ1) is 17.9. The molecule has 1 saturated heterocycles. The van der Waals surface area contributed by atoms with Crippen LogP contribution in [0.25, 0.3) is 0 Å². The van der Waals surface area contributed by atoms with Crippen molar-refractivity contribution < 1.29 is 35.9 Å². The summed E-state index contributed by atoms with van der Waals surface area (Å²) in [5, 5.41) is 7.56. The molecule has 0 aliphatic carbocycles. The molecule has 0 saturated carbocycles. The fraction of sp³-hybridized carbons (Fsp3) is 0.440. The molecule has 1 aliphatic heterocycles. The van der Waals surface area contributed by atoms with Gasteiger partial charge in [-0.15, -0.1) is 0 Å². The van der Waals surface area contributed by atoms with Crippen molar-refractivity contribution in [2.75, 3.05) is 49.9 Å². The zero-order valence-electron chi connectivity index (χ0n) is 20.5. The van der Waals surface area contributed by atoms with Crippen LogP contribution in [0.1, 0.15) is 30.4 Å². The first-order valence-corrected chi connectivity index (χ1v) is 12.1. The molecule has 3 N–H and O–H groups in total. The second kappa shape index (κ2) is 12.9. The van der Waals surface area contributed by atoms with E-state index in [4.69, 9.17) is 0 Å². The molecule has 1 heterocycles. The number of rotatable bonds is 9. The molecule has 2 aromatic rings. The van der Waals surface area contributed by atoms with E-state index in [-0.39, 0.29) is 24.5 Å². The lowest BCUT2D eigenvalue weighted by Crippen LogP contribution is -2.42. The summed E-state index contributed by atoms with van der Waals surface area (Å²) in [4.78, 5) is 28.8. The number of carbonyl (C=O) groups excluding carboxylic acids is 2. The largest absolute Gasteiger partial charge is 0.416 e. The number of likely N-dealkylation sites (tertiary alicyclic amines) is 1. The van der Waals surface area contributed by atoms with Crippen molar-refractivity contribution in [3.63, 3.8) is 0 Å². The Balaban J connectivity index is 1.53. The number of hydrogen-bond donors (Lipinski definition) is 3. The Labute approximate surface area is 216 Å². The van der Waals surface area contributed by atoms with Crippen LogP contribution in [-0.2, 0) is 12.4 Å². The number of urea groups is 2. The van der Waals surface area contributed by atoms with Crippen LogP contribution < -0.4 is 16.0 Å². The van der Waals surface area contributed by atoms with Crippen LogP contribution in [0.5, 0.6) is 0 Å². The van der Waals surface area contributed by atoms with Crippen LogP contribution in [0.15, 0.2) is 48.5 Å². The smallest absolute Gasteiger partial charge is 0.336 e. The van der Waals surface area contributed by atoms with E-state index in [1.54, 1.807) is 0 Å². The van der Waals surface area contributed by atoms with Crippen molar-refractivity contribution in [3.05, 3.63) is 59.7 Å². The number of halogens is 6. The molecule has 4 amide bonds. The quantitative estimate of drug-likeness (QED) is 0.345. The summed E-state index contributed by atoms with van der Waals surface area (Å²) in [6.07, 6.45) is -6.07. The van der Waals surface area contributed by atoms with Gasteiger partial charge in [-0.3, -0.25) is 0 Å². The van der Waals surface area contributed by atoms with Crippen LogP contribution >= 0.6 is 0 Å². The second-order valence-corrected chi connectivity index (χ2v) is 8.85. The summed E-state index contributed by atoms with van der Waals surface area (Å²) in [6.45, 7) is 3.26. The lowest BCUT2D eigenvalue weighted by atomic mass is 10.2. The van der Waals surface area contributed by atoms with Gasteiger partial charge in [0.25, 0.3) is 0 Å². The number of amides is 4. The van der Waals surface area contributed by atoms with Gasteiger partial charge in [-0.2, -0.15) is 26.3 Å². The average molecular weight is 546 g/mol. The molecule has 1 aliphatic rings. The molecule has 0 atom stereocenters. The normalized spacial score (nSPS) is 14.3. The highest BCUT2D eigenvalue weighted by Gasteiger charge is 2.31. The maximum atomic E-state index is 12.9. The minimum absolute atomic E-state index is 0.0383. The zero-order valence-corrected chi connectivity index (χ0v) is 20.5. The average Bonchev–Trinajstić information content (AvgIpc) is 3.36. The molecule has 13 heteroatoms. The highest BCUT2D eigenvalue weighted by atomic mass is 19.4. The summed E-state index contributed by atoms with van der Waals surface area (Å²) in [7, 11) is 0. The Bertz CT molecular complexity index is 1050. The Hall–Kier alpha value is -3.48. The maximum absolute atomic E-state index is 12.9. The highest BCUT2D eigenvalue weighted by Crippen LogP contribution is 2.30. The van der Waals surface area contributed by atoms with Crippen LogP contribution in [0, 0.1) is 0 Å². The van der Waals surface area contributed by atoms with Crippen LogP contribution in [0.2, 0.25) is 0 Å². The Morgan fingerprint density at radius 3 is 1.76 bits per heavy atom. The fourth-order valence-corrected chi connectivity index (χ4v) is 3.97. The number of hydrogen-bond acceptors (Lipinski definition) is 3. The van der Waals surface area contributed by atoms with Gasteiger partial charge in [0.1, 0.15) is 0 Å². The number of carbonyl (C=O) groups is 2. The van der Waals surface area contributed by atoms with E-state index in [1.807, 2.05) is 0 Å². The molecule has 0 bridgehead atoms. The lowest BCUT2D eigenvalue weighted by Gasteiger charge is -2.25. The third-order valence-corrected chi connectivity index (χ3v) is 5.99. The Morgan fingerprint density at radius 2 is 1.26 bits per heavy atom. The predicted molar refractivity (Wildman–Crippen MR) is 131 cm³/mol. The number of nitrogens with zero attached hydrogens (tertiary/aromatic N) is 2. The molecule has 0 unspecified atom stereocenters. The van der Waals surface area contributed by atoms with Crippen molar-refractivity contribution in [1.82, 2.24) is 15.1 Å². The Kier molecular flexibility index (Phi) is 9.84. The maximum Gasteiger partial charge on any atom is 0.416 e. The molecule has 3 rings (SSSR count). The topological polar surface area (TPSA) is 76.7 Å². The number of alkyl halides is 6. The number of nitrogens with one attached hydrogen (secondary N) is 3. The zero-order chi connectivity index (χ0) is 27.8. The van der Waals surface area contributed by atoms with Gasteiger partial charge in [0.15, 0.2) is 0 Å². The molecule has 0 spiro atoms. The monoisotopic (exact) mass is 545 g/mol. The van der Waals surface area contributed by atoms with Gasteiger partial charge >= 0.3 is 24.4 Å². The number of benzene rings is 2. The first kappa shape index (κ1) is 29.1. The van der Waals surface area contributed by atoms with E-state index >= 15 is 0 Å². The van der Waals surface area contributed by atoms with Gasteiger partial charge in [0.05, 0.1) is 11.1 Å². The lowest BCUT2D eigenvalue weighted by molar-refractivity contribution is -0.138. The van der Waals surface area contributed by atoms with Gasteiger partial charge in [0, 0.05) is 31.0 Å². The van der Waals surface area contributed by atoms with Crippen LogP contribution in [0.3, 0.4) is 0 Å². The first-order valence-electron chi connectivity index (χ1n) is 12.1. The van der Waals surface area contributed by atoms with E-state index < -0.39 is 35.5 Å². The second-order valence-electron chi connectivity index (χ2n) is 8.85. The molecule has 208 valence electrons. The summed E-state index contributed by atoms with van der Waals surface area (Å²) >= 11 is 0. The van der Waals surface area contributed by atoms with E-state index in [0.717, 1.165) is 68.9 Å². The van der Waals surface area contributed by atoms with Gasteiger partial charge in [-0.25, -0.2) is 9.59 Å². The van der Waals surface area contributed by atoms with E-state index in [0.29, 0.717) is 13.0 Å². The fourth-order valence-electron chi connectivity index (χ4n) is 3.97. The molecule has 7 nitrogen and oxygen atoms in total.